The van der Waals surface area contributed by atoms with Crippen molar-refractivity contribution in [2.45, 2.75) is 43.0 Å². The molecule has 1 aliphatic carbocycles. The van der Waals surface area contributed by atoms with Gasteiger partial charge < -0.3 is 4.90 Å². The number of nitrogens with zero attached hydrogens (tertiary/aromatic N) is 2. The van der Waals surface area contributed by atoms with Crippen LogP contribution in [0.15, 0.2) is 102 Å². The first kappa shape index (κ1) is 25.9. The van der Waals surface area contributed by atoms with E-state index in [0.717, 1.165) is 55.7 Å². The molecule has 1 saturated heterocycles. The summed E-state index contributed by atoms with van der Waals surface area (Å²) in [7, 11) is -3.71. The SMILES string of the molecule is CC1CCC(c2cccc(NS(=O)(=O)c3ccc4ccccc4c3)c2)(N2CCN(c3ccccc3)CC2)CC1. The van der Waals surface area contributed by atoms with Crippen molar-refractivity contribution < 1.29 is 8.42 Å². The average molecular weight is 540 g/mol. The smallest absolute Gasteiger partial charge is 0.261 e. The zero-order chi connectivity index (χ0) is 26.9. The predicted octanol–water partition coefficient (Wildman–Crippen LogP) is 6.87. The lowest BCUT2D eigenvalue weighted by Crippen LogP contribution is -2.56. The molecule has 0 aromatic heterocycles. The van der Waals surface area contributed by atoms with E-state index >= 15 is 0 Å². The largest absolute Gasteiger partial charge is 0.369 e. The van der Waals surface area contributed by atoms with Crippen LogP contribution in [-0.4, -0.2) is 39.5 Å². The molecule has 0 bridgehead atoms. The van der Waals surface area contributed by atoms with Crippen LogP contribution in [0.5, 0.6) is 0 Å². The summed E-state index contributed by atoms with van der Waals surface area (Å²) >= 11 is 0. The zero-order valence-electron chi connectivity index (χ0n) is 22.6. The number of anilines is 2. The lowest BCUT2D eigenvalue weighted by Gasteiger charge is -2.51. The Morgan fingerprint density at radius 3 is 2.18 bits per heavy atom. The summed E-state index contributed by atoms with van der Waals surface area (Å²) in [5.41, 5.74) is 3.07. The fraction of sp³-hybridized carbons (Fsp3) is 0.333. The summed E-state index contributed by atoms with van der Waals surface area (Å²) in [4.78, 5) is 5.43. The number of para-hydroxylation sites is 1. The maximum Gasteiger partial charge on any atom is 0.261 e. The second kappa shape index (κ2) is 10.7. The van der Waals surface area contributed by atoms with Crippen LogP contribution in [-0.2, 0) is 15.6 Å². The summed E-state index contributed by atoms with van der Waals surface area (Å²) in [6, 6.07) is 32.0. The third-order valence-corrected chi connectivity index (χ3v) is 10.2. The maximum absolute atomic E-state index is 13.4. The molecule has 0 unspecified atom stereocenters. The Hall–Kier alpha value is -3.35. The van der Waals surface area contributed by atoms with E-state index in [1.807, 2.05) is 42.5 Å². The van der Waals surface area contributed by atoms with E-state index in [-0.39, 0.29) is 10.4 Å². The molecule has 2 fully saturated rings. The number of piperazine rings is 1. The second-order valence-corrected chi connectivity index (χ2v) is 12.9. The Balaban J connectivity index is 1.26. The van der Waals surface area contributed by atoms with Crippen molar-refractivity contribution >= 4 is 32.2 Å². The van der Waals surface area contributed by atoms with Gasteiger partial charge in [0.1, 0.15) is 0 Å². The summed E-state index contributed by atoms with van der Waals surface area (Å²) in [5, 5.41) is 1.94. The summed E-state index contributed by atoms with van der Waals surface area (Å²) in [5.74, 6) is 0.721. The Labute approximate surface area is 232 Å². The predicted molar refractivity (Wildman–Crippen MR) is 161 cm³/mol. The minimum atomic E-state index is -3.71. The quantitative estimate of drug-likeness (QED) is 0.291. The third-order valence-electron chi connectivity index (χ3n) is 8.79. The van der Waals surface area contributed by atoms with Crippen LogP contribution in [0.25, 0.3) is 10.8 Å². The van der Waals surface area contributed by atoms with Crippen molar-refractivity contribution in [3.05, 3.63) is 103 Å². The Morgan fingerprint density at radius 2 is 1.44 bits per heavy atom. The van der Waals surface area contributed by atoms with E-state index in [2.05, 4.69) is 63.9 Å². The molecule has 6 rings (SSSR count). The van der Waals surface area contributed by atoms with Gasteiger partial charge in [-0.15, -0.1) is 0 Å². The van der Waals surface area contributed by atoms with Gasteiger partial charge in [-0.3, -0.25) is 9.62 Å². The highest BCUT2D eigenvalue weighted by Gasteiger charge is 2.42. The van der Waals surface area contributed by atoms with E-state index in [9.17, 15) is 8.42 Å². The first-order valence-corrected chi connectivity index (χ1v) is 15.6. The van der Waals surface area contributed by atoms with Crippen LogP contribution in [0.3, 0.4) is 0 Å². The molecule has 1 aliphatic heterocycles. The maximum atomic E-state index is 13.4. The van der Waals surface area contributed by atoms with Crippen LogP contribution >= 0.6 is 0 Å². The minimum absolute atomic E-state index is 0.0698. The molecule has 1 N–H and O–H groups in total. The number of sulfonamides is 1. The molecular weight excluding hydrogens is 502 g/mol. The van der Waals surface area contributed by atoms with E-state index < -0.39 is 10.0 Å². The van der Waals surface area contributed by atoms with Gasteiger partial charge in [-0.05, 0) is 84.3 Å². The Kier molecular flexibility index (Phi) is 7.08. The fourth-order valence-corrected chi connectivity index (χ4v) is 7.56. The number of benzene rings is 4. The van der Waals surface area contributed by atoms with Crippen LogP contribution in [0.4, 0.5) is 11.4 Å². The molecule has 0 spiro atoms. The van der Waals surface area contributed by atoms with Gasteiger partial charge in [0.2, 0.25) is 0 Å². The van der Waals surface area contributed by atoms with Gasteiger partial charge in [0.15, 0.2) is 0 Å². The topological polar surface area (TPSA) is 52.7 Å². The fourth-order valence-electron chi connectivity index (χ4n) is 6.48. The van der Waals surface area contributed by atoms with E-state index in [0.29, 0.717) is 5.69 Å². The van der Waals surface area contributed by atoms with Gasteiger partial charge in [0, 0.05) is 43.1 Å². The van der Waals surface area contributed by atoms with Crippen LogP contribution in [0.2, 0.25) is 0 Å². The number of rotatable bonds is 6. The van der Waals surface area contributed by atoms with Gasteiger partial charge in [-0.1, -0.05) is 67.6 Å². The number of hydrogen-bond donors (Lipinski definition) is 1. The molecule has 0 atom stereocenters. The molecule has 4 aromatic carbocycles. The monoisotopic (exact) mass is 539 g/mol. The van der Waals surface area contributed by atoms with Gasteiger partial charge in [0.05, 0.1) is 4.90 Å². The van der Waals surface area contributed by atoms with Crippen molar-refractivity contribution in [3.8, 4) is 0 Å². The Bertz CT molecular complexity index is 1540. The Morgan fingerprint density at radius 1 is 0.744 bits per heavy atom. The number of nitrogens with one attached hydrogen (secondary N) is 1. The van der Waals surface area contributed by atoms with Crippen molar-refractivity contribution in [3.63, 3.8) is 0 Å². The standard InChI is InChI=1S/C33H37N3O2S/c1-26-16-18-33(19-17-26,36-22-20-35(21-23-36)31-12-3-2-4-13-31)29-10-7-11-30(25-29)34-39(37,38)32-15-14-27-8-5-6-9-28(27)24-32/h2-15,24-26,34H,16-23H2,1H3. The summed E-state index contributed by atoms with van der Waals surface area (Å²) in [6.45, 7) is 6.34. The normalized spacial score (nSPS) is 22.6. The van der Waals surface area contributed by atoms with E-state index in [1.54, 1.807) is 12.1 Å². The summed E-state index contributed by atoms with van der Waals surface area (Å²) in [6.07, 6.45) is 4.57. The molecule has 0 amide bonds. The molecule has 0 radical (unpaired) electrons. The lowest BCUT2D eigenvalue weighted by molar-refractivity contribution is 0.0299. The van der Waals surface area contributed by atoms with E-state index in [4.69, 9.17) is 0 Å². The first-order chi connectivity index (χ1) is 18.9. The molecule has 4 aromatic rings. The molecule has 1 saturated carbocycles. The van der Waals surface area contributed by atoms with Crippen LogP contribution in [0.1, 0.15) is 38.2 Å². The van der Waals surface area contributed by atoms with E-state index in [1.165, 1.54) is 24.1 Å². The lowest BCUT2D eigenvalue weighted by atomic mass is 9.71. The van der Waals surface area contributed by atoms with Gasteiger partial charge in [-0.25, -0.2) is 8.42 Å². The zero-order valence-corrected chi connectivity index (χ0v) is 23.4. The molecule has 39 heavy (non-hydrogen) atoms. The number of hydrogen-bond acceptors (Lipinski definition) is 4. The average Bonchev–Trinajstić information content (AvgIpc) is 2.98. The molecule has 202 valence electrons. The summed E-state index contributed by atoms with van der Waals surface area (Å²) < 4.78 is 29.7. The third kappa shape index (κ3) is 5.28. The minimum Gasteiger partial charge on any atom is -0.369 e. The van der Waals surface area contributed by atoms with Gasteiger partial charge >= 0.3 is 0 Å². The molecule has 6 heteroatoms. The number of fused-ring (bicyclic) bond motifs is 1. The second-order valence-electron chi connectivity index (χ2n) is 11.2. The highest BCUT2D eigenvalue weighted by Crippen LogP contribution is 2.45. The molecule has 5 nitrogen and oxygen atoms in total. The molecular formula is C33H37N3O2S. The van der Waals surface area contributed by atoms with Crippen molar-refractivity contribution in [1.29, 1.82) is 0 Å². The van der Waals surface area contributed by atoms with Gasteiger partial charge in [-0.2, -0.15) is 0 Å². The van der Waals surface area contributed by atoms with Crippen LogP contribution in [0, 0.1) is 5.92 Å². The van der Waals surface area contributed by atoms with Crippen molar-refractivity contribution in [2.75, 3.05) is 35.8 Å². The van der Waals surface area contributed by atoms with Crippen molar-refractivity contribution in [1.82, 2.24) is 4.90 Å². The van der Waals surface area contributed by atoms with Crippen molar-refractivity contribution in [2.24, 2.45) is 5.92 Å². The highest BCUT2D eigenvalue weighted by molar-refractivity contribution is 7.92. The highest BCUT2D eigenvalue weighted by atomic mass is 32.2. The van der Waals surface area contributed by atoms with Gasteiger partial charge in [0.25, 0.3) is 10.0 Å². The van der Waals surface area contributed by atoms with Crippen LogP contribution < -0.4 is 9.62 Å². The molecule has 1 heterocycles. The first-order valence-electron chi connectivity index (χ1n) is 14.1. The molecule has 2 aliphatic rings.